The van der Waals surface area contributed by atoms with E-state index in [0.29, 0.717) is 0 Å². The number of rotatable bonds is 2. The first-order valence-electron chi connectivity index (χ1n) is 3.80. The zero-order chi connectivity index (χ0) is 9.84. The predicted molar refractivity (Wildman–Crippen MR) is 66.3 cm³/mol. The van der Waals surface area contributed by atoms with Crippen LogP contribution in [0.4, 0.5) is 5.69 Å². The average Bonchev–Trinajstić information content (AvgIpc) is 2.08. The number of alkyl halides is 1. The van der Waals surface area contributed by atoms with E-state index in [4.69, 9.17) is 0 Å². The molecule has 0 unspecified atom stereocenters. The molecule has 1 amide bonds. The number of carbonyl (C=O) groups is 1. The molecular formula is C9H9BrINO. The fraction of sp³-hybridized carbons (Fsp3) is 0.222. The van der Waals surface area contributed by atoms with Gasteiger partial charge in [0, 0.05) is 10.2 Å². The van der Waals surface area contributed by atoms with Gasteiger partial charge in [-0.15, -0.1) is 0 Å². The number of carbonyl (C=O) groups excluding carboxylic acids is 1. The predicted octanol–water partition coefficient (Wildman–Crippen LogP) is 3.21. The lowest BCUT2D eigenvalue weighted by Crippen LogP contribution is -2.19. The highest BCUT2D eigenvalue weighted by Gasteiger charge is 2.07. The Morgan fingerprint density at radius 1 is 1.46 bits per heavy atom. The fourth-order valence-electron chi connectivity index (χ4n) is 0.775. The number of hydrogen-bond donors (Lipinski definition) is 1. The lowest BCUT2D eigenvalue weighted by atomic mass is 10.3. The molecule has 0 saturated heterocycles. The summed E-state index contributed by atoms with van der Waals surface area (Å²) >= 11 is 5.41. The van der Waals surface area contributed by atoms with Crippen molar-refractivity contribution >= 4 is 50.1 Å². The summed E-state index contributed by atoms with van der Waals surface area (Å²) in [5.74, 6) is 0.0305. The van der Waals surface area contributed by atoms with E-state index in [1.54, 1.807) is 0 Å². The maximum absolute atomic E-state index is 11.3. The zero-order valence-electron chi connectivity index (χ0n) is 7.05. The third-order valence-electron chi connectivity index (χ3n) is 1.47. The molecule has 1 aromatic rings. The van der Waals surface area contributed by atoms with Crippen molar-refractivity contribution in [2.45, 2.75) is 10.8 Å². The van der Waals surface area contributed by atoms with E-state index in [2.05, 4.69) is 43.8 Å². The number of amides is 1. The van der Waals surface area contributed by atoms with Crippen molar-refractivity contribution in [3.63, 3.8) is 0 Å². The lowest BCUT2D eigenvalue weighted by Gasteiger charge is -2.05. The largest absolute Gasteiger partial charge is 0.325 e. The van der Waals surface area contributed by atoms with E-state index < -0.39 is 0 Å². The van der Waals surface area contributed by atoms with Crippen LogP contribution in [-0.2, 0) is 4.79 Å². The van der Waals surface area contributed by atoms with Crippen molar-refractivity contribution in [1.29, 1.82) is 0 Å². The summed E-state index contributed by atoms with van der Waals surface area (Å²) in [5.41, 5.74) is 0.830. The summed E-state index contributed by atoms with van der Waals surface area (Å²) in [6.45, 7) is 1.86. The monoisotopic (exact) mass is 353 g/mol. The van der Waals surface area contributed by atoms with Crippen molar-refractivity contribution in [1.82, 2.24) is 0 Å². The SMILES string of the molecule is C[C@@H](I)C(=O)Nc1ccc(Br)cc1. The number of halogens is 2. The van der Waals surface area contributed by atoms with Crippen LogP contribution in [0.2, 0.25) is 0 Å². The molecule has 4 heteroatoms. The molecule has 0 aliphatic heterocycles. The number of hydrogen-bond acceptors (Lipinski definition) is 1. The van der Waals surface area contributed by atoms with Gasteiger partial charge in [0.2, 0.25) is 5.91 Å². The highest BCUT2D eigenvalue weighted by molar-refractivity contribution is 14.1. The molecule has 0 aliphatic rings. The van der Waals surface area contributed by atoms with Crippen LogP contribution in [0.25, 0.3) is 0 Å². The molecule has 1 N–H and O–H groups in total. The first-order valence-corrected chi connectivity index (χ1v) is 5.84. The van der Waals surface area contributed by atoms with E-state index >= 15 is 0 Å². The van der Waals surface area contributed by atoms with Crippen molar-refractivity contribution in [3.8, 4) is 0 Å². The molecular weight excluding hydrogens is 345 g/mol. The van der Waals surface area contributed by atoms with Gasteiger partial charge in [0.15, 0.2) is 0 Å². The molecule has 0 aromatic heterocycles. The zero-order valence-corrected chi connectivity index (χ0v) is 10.8. The van der Waals surface area contributed by atoms with Crippen molar-refractivity contribution < 1.29 is 4.79 Å². The maximum atomic E-state index is 11.3. The van der Waals surface area contributed by atoms with Crippen LogP contribution in [0.3, 0.4) is 0 Å². The normalized spacial score (nSPS) is 12.2. The minimum atomic E-state index is -0.0127. The Labute approximate surface area is 99.4 Å². The van der Waals surface area contributed by atoms with E-state index in [1.165, 1.54) is 0 Å². The molecule has 0 aliphatic carbocycles. The highest BCUT2D eigenvalue weighted by Crippen LogP contribution is 2.14. The molecule has 70 valence electrons. The van der Waals surface area contributed by atoms with Gasteiger partial charge in [0.05, 0.1) is 3.92 Å². The first-order chi connectivity index (χ1) is 6.09. The van der Waals surface area contributed by atoms with Gasteiger partial charge in [0.25, 0.3) is 0 Å². The standard InChI is InChI=1S/C9H9BrINO/c1-6(11)9(13)12-8-4-2-7(10)3-5-8/h2-6H,1H3,(H,12,13)/t6-/m1/s1. The molecule has 0 bridgehead atoms. The van der Waals surface area contributed by atoms with Crippen LogP contribution in [0.15, 0.2) is 28.7 Å². The van der Waals surface area contributed by atoms with Gasteiger partial charge in [-0.2, -0.15) is 0 Å². The van der Waals surface area contributed by atoms with Gasteiger partial charge >= 0.3 is 0 Å². The van der Waals surface area contributed by atoms with E-state index in [-0.39, 0.29) is 9.83 Å². The second-order valence-corrected chi connectivity index (χ2v) is 5.40. The summed E-state index contributed by atoms with van der Waals surface area (Å²) in [6.07, 6.45) is 0. The number of benzene rings is 1. The second-order valence-electron chi connectivity index (χ2n) is 2.61. The smallest absolute Gasteiger partial charge is 0.237 e. The Bertz CT molecular complexity index is 297. The first kappa shape index (κ1) is 11.0. The number of nitrogens with one attached hydrogen (secondary N) is 1. The van der Waals surface area contributed by atoms with Gasteiger partial charge in [-0.1, -0.05) is 38.5 Å². The number of anilines is 1. The third-order valence-corrected chi connectivity index (χ3v) is 2.57. The molecule has 13 heavy (non-hydrogen) atoms. The van der Waals surface area contributed by atoms with Crippen LogP contribution < -0.4 is 5.32 Å². The second kappa shape index (κ2) is 4.95. The Morgan fingerprint density at radius 3 is 2.46 bits per heavy atom. The van der Waals surface area contributed by atoms with Crippen molar-refractivity contribution in [2.24, 2.45) is 0 Å². The minimum absolute atomic E-state index is 0.0127. The van der Waals surface area contributed by atoms with Gasteiger partial charge in [-0.3, -0.25) is 4.79 Å². The minimum Gasteiger partial charge on any atom is -0.325 e. The molecule has 1 aromatic carbocycles. The van der Waals surface area contributed by atoms with Gasteiger partial charge in [-0.05, 0) is 31.2 Å². The average molecular weight is 354 g/mol. The van der Waals surface area contributed by atoms with E-state index in [1.807, 2.05) is 31.2 Å². The van der Waals surface area contributed by atoms with Crippen LogP contribution in [-0.4, -0.2) is 9.83 Å². The Kier molecular flexibility index (Phi) is 4.18. The Balaban J connectivity index is 2.65. The molecule has 0 fully saturated rings. The molecule has 1 rings (SSSR count). The van der Waals surface area contributed by atoms with Gasteiger partial charge in [0.1, 0.15) is 0 Å². The van der Waals surface area contributed by atoms with E-state index in [9.17, 15) is 4.79 Å². The highest BCUT2D eigenvalue weighted by atomic mass is 127. The van der Waals surface area contributed by atoms with Crippen LogP contribution in [0.1, 0.15) is 6.92 Å². The summed E-state index contributed by atoms with van der Waals surface area (Å²) < 4.78 is 0.995. The summed E-state index contributed by atoms with van der Waals surface area (Å²) in [5, 5.41) is 2.80. The fourth-order valence-corrected chi connectivity index (χ4v) is 1.19. The quantitative estimate of drug-likeness (QED) is 0.642. The molecule has 0 saturated carbocycles. The van der Waals surface area contributed by atoms with Crippen LogP contribution in [0, 0.1) is 0 Å². The summed E-state index contributed by atoms with van der Waals surface area (Å²) in [7, 11) is 0. The topological polar surface area (TPSA) is 29.1 Å². The molecule has 1 atom stereocenters. The van der Waals surface area contributed by atoms with Crippen LogP contribution in [0.5, 0.6) is 0 Å². The van der Waals surface area contributed by atoms with Gasteiger partial charge in [-0.25, -0.2) is 0 Å². The van der Waals surface area contributed by atoms with Crippen molar-refractivity contribution in [3.05, 3.63) is 28.7 Å². The van der Waals surface area contributed by atoms with E-state index in [0.717, 1.165) is 10.2 Å². The van der Waals surface area contributed by atoms with Crippen molar-refractivity contribution in [2.75, 3.05) is 5.32 Å². The van der Waals surface area contributed by atoms with Crippen LogP contribution >= 0.6 is 38.5 Å². The maximum Gasteiger partial charge on any atom is 0.237 e. The lowest BCUT2D eigenvalue weighted by molar-refractivity contribution is -0.115. The summed E-state index contributed by atoms with van der Waals surface area (Å²) in [6, 6.07) is 7.52. The molecule has 0 radical (unpaired) electrons. The Morgan fingerprint density at radius 2 is 2.00 bits per heavy atom. The Hall–Kier alpha value is -0.100. The third kappa shape index (κ3) is 3.64. The molecule has 0 spiro atoms. The molecule has 2 nitrogen and oxygen atoms in total. The van der Waals surface area contributed by atoms with Gasteiger partial charge < -0.3 is 5.32 Å². The summed E-state index contributed by atoms with van der Waals surface area (Å²) in [4.78, 5) is 11.3. The molecule has 0 heterocycles.